The Morgan fingerprint density at radius 3 is 2.40 bits per heavy atom. The van der Waals surface area contributed by atoms with Crippen molar-refractivity contribution in [2.24, 2.45) is 5.84 Å². The van der Waals surface area contributed by atoms with Gasteiger partial charge in [-0.1, -0.05) is 18.2 Å². The third-order valence-electron chi connectivity index (χ3n) is 2.71. The Morgan fingerprint density at radius 2 is 1.70 bits per heavy atom. The maximum Gasteiger partial charge on any atom is 0.178 e. The Labute approximate surface area is 113 Å². The van der Waals surface area contributed by atoms with Crippen LogP contribution in [0.5, 0.6) is 0 Å². The van der Waals surface area contributed by atoms with Crippen molar-refractivity contribution in [2.75, 3.05) is 17.3 Å². The molecule has 1 heterocycles. The molecule has 4 N–H and O–H groups in total. The second kappa shape index (κ2) is 6.25. The molecule has 1 aromatic heterocycles. The number of rotatable bonds is 5. The van der Waals surface area contributed by atoms with Crippen LogP contribution in [0.2, 0.25) is 0 Å². The Kier molecular flexibility index (Phi) is 4.41. The SMILES string of the molecule is NNc1nc(NCCc2ccccc2F)c(F)cc1F. The van der Waals surface area contributed by atoms with Crippen molar-refractivity contribution in [3.05, 3.63) is 53.3 Å². The minimum Gasteiger partial charge on any atom is -0.367 e. The van der Waals surface area contributed by atoms with Crippen LogP contribution in [-0.2, 0) is 6.42 Å². The van der Waals surface area contributed by atoms with E-state index in [4.69, 9.17) is 5.84 Å². The summed E-state index contributed by atoms with van der Waals surface area (Å²) in [5.74, 6) is 2.60. The molecule has 0 bridgehead atoms. The van der Waals surface area contributed by atoms with Crippen LogP contribution in [0.15, 0.2) is 30.3 Å². The molecule has 0 radical (unpaired) electrons. The van der Waals surface area contributed by atoms with Gasteiger partial charge in [0.15, 0.2) is 23.3 Å². The molecule has 0 aliphatic carbocycles. The molecule has 1 aromatic carbocycles. The number of benzene rings is 1. The van der Waals surface area contributed by atoms with Crippen molar-refractivity contribution in [2.45, 2.75) is 6.42 Å². The Balaban J connectivity index is 2.03. The number of halogens is 3. The van der Waals surface area contributed by atoms with Crippen molar-refractivity contribution in [3.8, 4) is 0 Å². The fourth-order valence-electron chi connectivity index (χ4n) is 1.71. The van der Waals surface area contributed by atoms with Gasteiger partial charge in [-0.3, -0.25) is 0 Å². The molecule has 0 unspecified atom stereocenters. The molecule has 0 saturated heterocycles. The molecule has 4 nitrogen and oxygen atoms in total. The van der Waals surface area contributed by atoms with Crippen LogP contribution in [-0.4, -0.2) is 11.5 Å². The van der Waals surface area contributed by atoms with Crippen LogP contribution in [0, 0.1) is 17.5 Å². The van der Waals surface area contributed by atoms with Gasteiger partial charge in [0, 0.05) is 12.6 Å². The third-order valence-corrected chi connectivity index (χ3v) is 2.71. The summed E-state index contributed by atoms with van der Waals surface area (Å²) in [5, 5.41) is 2.68. The molecule has 0 amide bonds. The summed E-state index contributed by atoms with van der Waals surface area (Å²) in [6.07, 6.45) is 0.344. The highest BCUT2D eigenvalue weighted by Crippen LogP contribution is 2.18. The Morgan fingerprint density at radius 1 is 1.00 bits per heavy atom. The van der Waals surface area contributed by atoms with Gasteiger partial charge >= 0.3 is 0 Å². The molecular formula is C13H13F3N4. The van der Waals surface area contributed by atoms with E-state index < -0.39 is 11.6 Å². The van der Waals surface area contributed by atoms with Gasteiger partial charge in [0.2, 0.25) is 0 Å². The quantitative estimate of drug-likeness (QED) is 0.582. The fraction of sp³-hybridized carbons (Fsp3) is 0.154. The monoisotopic (exact) mass is 282 g/mol. The number of nitrogens with one attached hydrogen (secondary N) is 2. The van der Waals surface area contributed by atoms with Gasteiger partial charge in [0.1, 0.15) is 5.82 Å². The van der Waals surface area contributed by atoms with Crippen LogP contribution >= 0.6 is 0 Å². The van der Waals surface area contributed by atoms with E-state index in [1.54, 1.807) is 18.2 Å². The Bertz CT molecular complexity index is 604. The van der Waals surface area contributed by atoms with Crippen molar-refractivity contribution < 1.29 is 13.2 Å². The molecule has 0 fully saturated rings. The lowest BCUT2D eigenvalue weighted by Crippen LogP contribution is -2.14. The van der Waals surface area contributed by atoms with Gasteiger partial charge < -0.3 is 10.7 Å². The van der Waals surface area contributed by atoms with E-state index in [2.05, 4.69) is 10.3 Å². The van der Waals surface area contributed by atoms with Crippen LogP contribution in [0.25, 0.3) is 0 Å². The number of aromatic nitrogens is 1. The zero-order valence-electron chi connectivity index (χ0n) is 10.5. The van der Waals surface area contributed by atoms with E-state index in [-0.39, 0.29) is 24.0 Å². The smallest absolute Gasteiger partial charge is 0.178 e. The molecule has 0 spiro atoms. The molecule has 0 aliphatic rings. The number of hydrogen-bond acceptors (Lipinski definition) is 4. The standard InChI is InChI=1S/C13H13F3N4/c14-9-4-2-1-3-8(9)5-6-18-12-10(15)7-11(16)13(19-12)20-17/h1-4,7H,5-6,17H2,(H2,18,19,20). The normalized spacial score (nSPS) is 10.4. The highest BCUT2D eigenvalue weighted by molar-refractivity contribution is 5.46. The van der Waals surface area contributed by atoms with Crippen LogP contribution < -0.4 is 16.6 Å². The molecule has 7 heteroatoms. The molecule has 2 aromatic rings. The zero-order chi connectivity index (χ0) is 14.5. The van der Waals surface area contributed by atoms with E-state index in [1.165, 1.54) is 6.07 Å². The summed E-state index contributed by atoms with van der Waals surface area (Å²) >= 11 is 0. The van der Waals surface area contributed by atoms with E-state index >= 15 is 0 Å². The lowest BCUT2D eigenvalue weighted by atomic mass is 10.1. The number of hydrazine groups is 1. The summed E-state index contributed by atoms with van der Waals surface area (Å²) in [5.41, 5.74) is 2.53. The fourth-order valence-corrected chi connectivity index (χ4v) is 1.71. The lowest BCUT2D eigenvalue weighted by molar-refractivity contribution is 0.578. The van der Waals surface area contributed by atoms with Crippen molar-refractivity contribution in [3.63, 3.8) is 0 Å². The molecule has 106 valence electrons. The molecular weight excluding hydrogens is 269 g/mol. The van der Waals surface area contributed by atoms with E-state index in [0.717, 1.165) is 0 Å². The summed E-state index contributed by atoms with van der Waals surface area (Å²) in [6, 6.07) is 6.96. The predicted molar refractivity (Wildman–Crippen MR) is 70.6 cm³/mol. The first-order chi connectivity index (χ1) is 9.61. The van der Waals surface area contributed by atoms with Gasteiger partial charge in [0.25, 0.3) is 0 Å². The van der Waals surface area contributed by atoms with Crippen LogP contribution in [0.4, 0.5) is 24.8 Å². The van der Waals surface area contributed by atoms with Crippen LogP contribution in [0.3, 0.4) is 0 Å². The average Bonchev–Trinajstić information content (AvgIpc) is 2.43. The maximum atomic E-state index is 13.5. The number of nitrogens with zero attached hydrogens (tertiary/aromatic N) is 1. The molecule has 0 saturated carbocycles. The number of pyridine rings is 1. The lowest BCUT2D eigenvalue weighted by Gasteiger charge is -2.09. The number of nitrogen functional groups attached to an aromatic ring is 1. The zero-order valence-corrected chi connectivity index (χ0v) is 10.5. The predicted octanol–water partition coefficient (Wildman–Crippen LogP) is 2.44. The highest BCUT2D eigenvalue weighted by atomic mass is 19.1. The summed E-state index contributed by atoms with van der Waals surface area (Å²) in [7, 11) is 0. The van der Waals surface area contributed by atoms with Crippen LogP contribution in [0.1, 0.15) is 5.56 Å². The molecule has 2 rings (SSSR count). The maximum absolute atomic E-state index is 13.5. The van der Waals surface area contributed by atoms with Gasteiger partial charge in [-0.05, 0) is 18.1 Å². The number of anilines is 2. The Hall–Kier alpha value is -2.28. The van der Waals surface area contributed by atoms with E-state index in [0.29, 0.717) is 18.1 Å². The van der Waals surface area contributed by atoms with Gasteiger partial charge in [-0.25, -0.2) is 24.0 Å². The van der Waals surface area contributed by atoms with E-state index in [9.17, 15) is 13.2 Å². The third kappa shape index (κ3) is 3.18. The topological polar surface area (TPSA) is 63.0 Å². The summed E-state index contributed by atoms with van der Waals surface area (Å²) in [4.78, 5) is 3.65. The van der Waals surface area contributed by atoms with E-state index in [1.807, 2.05) is 5.43 Å². The highest BCUT2D eigenvalue weighted by Gasteiger charge is 2.11. The van der Waals surface area contributed by atoms with Crippen molar-refractivity contribution in [1.82, 2.24) is 4.98 Å². The largest absolute Gasteiger partial charge is 0.367 e. The number of hydrogen-bond donors (Lipinski definition) is 3. The van der Waals surface area contributed by atoms with Gasteiger partial charge in [-0.15, -0.1) is 0 Å². The summed E-state index contributed by atoms with van der Waals surface area (Å²) in [6.45, 7) is 0.250. The molecule has 0 atom stereocenters. The summed E-state index contributed by atoms with van der Waals surface area (Å²) < 4.78 is 40.0. The molecule has 0 aliphatic heterocycles. The number of nitrogens with two attached hydrogens (primary N) is 1. The first-order valence-electron chi connectivity index (χ1n) is 5.91. The molecule has 20 heavy (non-hydrogen) atoms. The van der Waals surface area contributed by atoms with Gasteiger partial charge in [0.05, 0.1) is 0 Å². The first kappa shape index (κ1) is 14.1. The van der Waals surface area contributed by atoms with Crippen molar-refractivity contribution in [1.29, 1.82) is 0 Å². The average molecular weight is 282 g/mol. The second-order valence-corrected chi connectivity index (χ2v) is 4.06. The van der Waals surface area contributed by atoms with Gasteiger partial charge in [-0.2, -0.15) is 0 Å². The van der Waals surface area contributed by atoms with Crippen molar-refractivity contribution >= 4 is 11.6 Å². The minimum absolute atomic E-state index is 0.143. The first-order valence-corrected chi connectivity index (χ1v) is 5.91. The second-order valence-electron chi connectivity index (χ2n) is 4.06. The minimum atomic E-state index is -0.885.